The minimum atomic E-state index is -0.655. The number of hydrogen-bond donors (Lipinski definition) is 4. The molecule has 0 aliphatic carbocycles. The first kappa shape index (κ1) is 33.2. The van der Waals surface area contributed by atoms with Gasteiger partial charge in [0.15, 0.2) is 5.82 Å². The van der Waals surface area contributed by atoms with Crippen molar-refractivity contribution in [2.75, 3.05) is 25.1 Å². The van der Waals surface area contributed by atoms with E-state index in [1.807, 2.05) is 19.1 Å². The van der Waals surface area contributed by atoms with Gasteiger partial charge in [-0.3, -0.25) is 0 Å². The number of rotatable bonds is 5. The normalized spacial score (nSPS) is 9.19. The fraction of sp³-hybridized carbons (Fsp3) is 0.161. The van der Waals surface area contributed by atoms with Crippen LogP contribution in [-0.4, -0.2) is 14.1 Å². The Bertz CT molecular complexity index is 1200. The second-order valence-corrected chi connectivity index (χ2v) is 8.15. The lowest BCUT2D eigenvalue weighted by molar-refractivity contribution is 0.592. The maximum absolute atomic E-state index is 14.4. The van der Waals surface area contributed by atoms with Crippen LogP contribution in [0.15, 0.2) is 98.1 Å². The van der Waals surface area contributed by atoms with Crippen LogP contribution >= 0.6 is 12.6 Å². The molecule has 0 fully saturated rings. The van der Waals surface area contributed by atoms with E-state index in [0.29, 0.717) is 28.1 Å². The molecule has 0 aromatic heterocycles. The third kappa shape index (κ3) is 9.32. The SMILES string of the molecule is C=C.C=C(NC)C(=C)c1ccc(-c2c(F)ccc(NC)c2F)cc1N.C=CC.Cc1cccc(S)c1C. The average Bonchev–Trinajstić information content (AvgIpc) is 2.88. The summed E-state index contributed by atoms with van der Waals surface area (Å²) in [6.45, 7) is 23.2. The lowest BCUT2D eigenvalue weighted by atomic mass is 9.97. The second kappa shape index (κ2) is 16.8. The fourth-order valence-electron chi connectivity index (χ4n) is 3.05. The number of benzene rings is 3. The Labute approximate surface area is 226 Å². The average molecular weight is 524 g/mol. The van der Waals surface area contributed by atoms with Crippen LogP contribution in [0.5, 0.6) is 0 Å². The molecule has 0 heterocycles. The van der Waals surface area contributed by atoms with Crippen LogP contribution in [0.25, 0.3) is 16.7 Å². The number of halogens is 2. The van der Waals surface area contributed by atoms with E-state index in [-0.39, 0.29) is 11.3 Å². The molecule has 0 atom stereocenters. The molecule has 0 saturated carbocycles. The number of aryl methyl sites for hydroxylation is 1. The standard InChI is InChI=1S/C18H19F2N3.C8H10S.C3H6.C2H4/c1-10(11(2)22-3)13-6-5-12(9-15(13)21)17-14(19)7-8-16(23-4)18(17)20;1-6-4-3-5-8(9)7(6)2;1-3-2;1-2/h5-9,22-23H,1-2,21H2,3-4H3;3-5,9H,1-2H3;3H,1H2,2H3;1-2H2. The van der Waals surface area contributed by atoms with Gasteiger partial charge < -0.3 is 16.4 Å². The summed E-state index contributed by atoms with van der Waals surface area (Å²) in [5, 5.41) is 5.58. The zero-order valence-electron chi connectivity index (χ0n) is 22.5. The second-order valence-electron chi connectivity index (χ2n) is 7.67. The molecular weight excluding hydrogens is 484 g/mol. The third-order valence-corrected chi connectivity index (χ3v) is 5.75. The number of nitrogens with one attached hydrogen (secondary N) is 2. The Morgan fingerprint density at radius 3 is 2.05 bits per heavy atom. The van der Waals surface area contributed by atoms with Gasteiger partial charge in [-0.25, -0.2) is 8.78 Å². The lowest BCUT2D eigenvalue weighted by Gasteiger charge is -2.14. The van der Waals surface area contributed by atoms with Crippen LogP contribution in [-0.2, 0) is 0 Å². The lowest BCUT2D eigenvalue weighted by Crippen LogP contribution is -2.07. The van der Waals surface area contributed by atoms with E-state index in [9.17, 15) is 8.78 Å². The van der Waals surface area contributed by atoms with E-state index in [4.69, 9.17) is 5.73 Å². The van der Waals surface area contributed by atoms with E-state index in [2.05, 4.69) is 76.1 Å². The highest BCUT2D eigenvalue weighted by Crippen LogP contribution is 2.34. The Morgan fingerprint density at radius 2 is 1.59 bits per heavy atom. The van der Waals surface area contributed by atoms with Gasteiger partial charge in [0, 0.05) is 35.9 Å². The molecule has 0 amide bonds. The minimum absolute atomic E-state index is 0.117. The largest absolute Gasteiger partial charge is 0.398 e. The van der Waals surface area contributed by atoms with Crippen LogP contribution in [0.4, 0.5) is 20.2 Å². The highest BCUT2D eigenvalue weighted by Gasteiger charge is 2.16. The van der Waals surface area contributed by atoms with Crippen molar-refractivity contribution in [2.45, 2.75) is 25.7 Å². The van der Waals surface area contributed by atoms with Gasteiger partial charge in [0.2, 0.25) is 0 Å². The molecule has 3 aromatic rings. The quantitative estimate of drug-likeness (QED) is 0.117. The van der Waals surface area contributed by atoms with Crippen molar-refractivity contribution >= 4 is 29.6 Å². The Hall–Kier alpha value is -3.77. The number of nitrogen functional groups attached to an aromatic ring is 1. The Kier molecular flexibility index (Phi) is 15.1. The van der Waals surface area contributed by atoms with Gasteiger partial charge >= 0.3 is 0 Å². The molecule has 0 bridgehead atoms. The number of nitrogens with two attached hydrogens (primary N) is 1. The van der Waals surface area contributed by atoms with E-state index < -0.39 is 11.6 Å². The van der Waals surface area contributed by atoms with Crippen LogP contribution in [0.3, 0.4) is 0 Å². The summed E-state index contributed by atoms with van der Waals surface area (Å²) in [4.78, 5) is 1.08. The van der Waals surface area contributed by atoms with Crippen molar-refractivity contribution in [3.63, 3.8) is 0 Å². The topological polar surface area (TPSA) is 50.1 Å². The van der Waals surface area contributed by atoms with Crippen LogP contribution in [0.1, 0.15) is 23.6 Å². The number of anilines is 2. The van der Waals surface area contributed by atoms with Crippen molar-refractivity contribution in [1.82, 2.24) is 5.32 Å². The molecular formula is C31H39F2N3S. The summed E-state index contributed by atoms with van der Waals surface area (Å²) in [5.74, 6) is -1.30. The molecule has 0 unspecified atom stereocenters. The maximum Gasteiger partial charge on any atom is 0.157 e. The smallest absolute Gasteiger partial charge is 0.157 e. The van der Waals surface area contributed by atoms with Gasteiger partial charge in [0.25, 0.3) is 0 Å². The Morgan fingerprint density at radius 1 is 1.00 bits per heavy atom. The minimum Gasteiger partial charge on any atom is -0.398 e. The third-order valence-electron chi connectivity index (χ3n) is 5.27. The van der Waals surface area contributed by atoms with Crippen molar-refractivity contribution in [1.29, 1.82) is 0 Å². The molecule has 0 saturated heterocycles. The van der Waals surface area contributed by atoms with Gasteiger partial charge in [-0.1, -0.05) is 43.5 Å². The Balaban J connectivity index is 0.000000764. The molecule has 3 aromatic carbocycles. The van der Waals surface area contributed by atoms with Crippen LogP contribution in [0, 0.1) is 25.5 Å². The molecule has 0 spiro atoms. The first-order chi connectivity index (χ1) is 17.5. The molecule has 3 nitrogen and oxygen atoms in total. The summed E-state index contributed by atoms with van der Waals surface area (Å²) < 4.78 is 28.5. The monoisotopic (exact) mass is 523 g/mol. The molecule has 37 heavy (non-hydrogen) atoms. The van der Waals surface area contributed by atoms with Gasteiger partial charge in [-0.2, -0.15) is 0 Å². The van der Waals surface area contributed by atoms with E-state index in [1.165, 1.54) is 29.3 Å². The number of likely N-dealkylation sites (N-methyl/N-ethyl adjacent to an activating group) is 1. The zero-order valence-corrected chi connectivity index (χ0v) is 23.4. The summed E-state index contributed by atoms with van der Waals surface area (Å²) in [6.07, 6.45) is 1.75. The van der Waals surface area contributed by atoms with Crippen molar-refractivity contribution < 1.29 is 8.78 Å². The van der Waals surface area contributed by atoms with E-state index >= 15 is 0 Å². The van der Waals surface area contributed by atoms with Crippen molar-refractivity contribution in [3.8, 4) is 11.1 Å². The number of allylic oxidation sites excluding steroid dienone is 2. The fourth-order valence-corrected chi connectivity index (χ4v) is 3.31. The van der Waals surface area contributed by atoms with E-state index in [0.717, 1.165) is 4.90 Å². The predicted octanol–water partition coefficient (Wildman–Crippen LogP) is 8.59. The highest BCUT2D eigenvalue weighted by atomic mass is 32.1. The van der Waals surface area contributed by atoms with E-state index in [1.54, 1.807) is 32.3 Å². The summed E-state index contributed by atoms with van der Waals surface area (Å²) in [6, 6.07) is 13.5. The van der Waals surface area contributed by atoms with Gasteiger partial charge in [-0.15, -0.1) is 32.4 Å². The molecule has 3 rings (SSSR count). The van der Waals surface area contributed by atoms with Crippen LogP contribution < -0.4 is 16.4 Å². The predicted molar refractivity (Wildman–Crippen MR) is 163 cm³/mol. The molecule has 0 aliphatic heterocycles. The number of thiol groups is 1. The van der Waals surface area contributed by atoms with Crippen LogP contribution in [0.2, 0.25) is 0 Å². The van der Waals surface area contributed by atoms with Gasteiger partial charge in [0.05, 0.1) is 11.3 Å². The summed E-state index contributed by atoms with van der Waals surface area (Å²) >= 11 is 4.27. The highest BCUT2D eigenvalue weighted by molar-refractivity contribution is 7.80. The molecule has 198 valence electrons. The summed E-state index contributed by atoms with van der Waals surface area (Å²) in [5.41, 5.74) is 11.4. The molecule has 0 radical (unpaired) electrons. The first-order valence-electron chi connectivity index (χ1n) is 11.5. The van der Waals surface area contributed by atoms with Gasteiger partial charge in [0.1, 0.15) is 5.82 Å². The number of hydrogen-bond acceptors (Lipinski definition) is 4. The van der Waals surface area contributed by atoms with Crippen molar-refractivity contribution in [2.24, 2.45) is 0 Å². The molecule has 4 N–H and O–H groups in total. The van der Waals surface area contributed by atoms with Crippen molar-refractivity contribution in [3.05, 3.63) is 122 Å². The molecule has 0 aliphatic rings. The summed E-state index contributed by atoms with van der Waals surface area (Å²) in [7, 11) is 3.30. The zero-order chi connectivity index (χ0) is 28.7. The maximum atomic E-state index is 14.4. The van der Waals surface area contributed by atoms with Gasteiger partial charge in [-0.05, 0) is 67.3 Å². The molecule has 6 heteroatoms. The first-order valence-corrected chi connectivity index (χ1v) is 11.9.